The minimum atomic E-state index is 0.00917. The predicted molar refractivity (Wildman–Crippen MR) is 78.3 cm³/mol. The van der Waals surface area contributed by atoms with Gasteiger partial charge in [0, 0.05) is 28.9 Å². The summed E-state index contributed by atoms with van der Waals surface area (Å²) in [4.78, 5) is 0. The van der Waals surface area contributed by atoms with Gasteiger partial charge in [-0.3, -0.25) is 0 Å². The van der Waals surface area contributed by atoms with Crippen LogP contribution in [0.3, 0.4) is 0 Å². The number of halogens is 2. The van der Waals surface area contributed by atoms with Crippen LogP contribution < -0.4 is 5.32 Å². The van der Waals surface area contributed by atoms with Crippen molar-refractivity contribution in [3.8, 4) is 11.5 Å². The van der Waals surface area contributed by atoms with Gasteiger partial charge >= 0.3 is 0 Å². The number of nitrogens with one attached hydrogen (secondary N) is 1. The van der Waals surface area contributed by atoms with Gasteiger partial charge in [-0.2, -0.15) is 0 Å². The lowest BCUT2D eigenvalue weighted by Crippen LogP contribution is -2.00. The Bertz CT molecular complexity index is 615. The van der Waals surface area contributed by atoms with Crippen molar-refractivity contribution in [1.82, 2.24) is 0 Å². The smallest absolute Gasteiger partial charge is 0.139 e. The highest BCUT2D eigenvalue weighted by molar-refractivity contribution is 6.35. The van der Waals surface area contributed by atoms with Crippen LogP contribution in [0.5, 0.6) is 11.5 Å². The molecule has 0 saturated heterocycles. The summed E-state index contributed by atoms with van der Waals surface area (Å²) < 4.78 is 0. The van der Waals surface area contributed by atoms with Crippen LogP contribution in [0.1, 0.15) is 11.1 Å². The first-order valence-corrected chi connectivity index (χ1v) is 6.43. The van der Waals surface area contributed by atoms with Crippen molar-refractivity contribution in [2.24, 2.45) is 0 Å². The zero-order valence-corrected chi connectivity index (χ0v) is 11.8. The number of hydrogen-bond acceptors (Lipinski definition) is 3. The number of aryl methyl sites for hydroxylation is 1. The molecule has 2 aromatic carbocycles. The molecule has 3 nitrogen and oxygen atoms in total. The summed E-state index contributed by atoms with van der Waals surface area (Å²) in [6.07, 6.45) is 0. The Hall–Kier alpha value is -1.58. The van der Waals surface area contributed by atoms with Crippen molar-refractivity contribution >= 4 is 28.9 Å². The predicted octanol–water partition coefficient (Wildman–Crippen LogP) is 4.33. The van der Waals surface area contributed by atoms with Crippen molar-refractivity contribution in [3.05, 3.63) is 51.5 Å². The van der Waals surface area contributed by atoms with Gasteiger partial charge in [-0.15, -0.1) is 0 Å². The van der Waals surface area contributed by atoms with Crippen LogP contribution in [0.2, 0.25) is 10.0 Å². The number of benzene rings is 2. The second kappa shape index (κ2) is 5.59. The van der Waals surface area contributed by atoms with E-state index >= 15 is 0 Å². The van der Waals surface area contributed by atoms with Crippen LogP contribution in [-0.2, 0) is 6.54 Å². The van der Waals surface area contributed by atoms with E-state index in [1.165, 1.54) is 6.07 Å². The third kappa shape index (κ3) is 3.25. The van der Waals surface area contributed by atoms with Crippen LogP contribution in [0.4, 0.5) is 5.69 Å². The highest BCUT2D eigenvalue weighted by Crippen LogP contribution is 2.31. The first-order valence-electron chi connectivity index (χ1n) is 5.68. The normalized spacial score (nSPS) is 10.5. The van der Waals surface area contributed by atoms with Gasteiger partial charge in [0.25, 0.3) is 0 Å². The van der Waals surface area contributed by atoms with Crippen molar-refractivity contribution in [1.29, 1.82) is 0 Å². The van der Waals surface area contributed by atoms with E-state index in [1.807, 2.05) is 19.1 Å². The number of rotatable bonds is 3. The molecule has 2 rings (SSSR count). The minimum absolute atomic E-state index is 0.00917. The number of phenols is 2. The zero-order valence-electron chi connectivity index (χ0n) is 10.2. The Labute approximate surface area is 121 Å². The fourth-order valence-corrected chi connectivity index (χ4v) is 2.21. The molecule has 0 aliphatic heterocycles. The van der Waals surface area contributed by atoms with Crippen LogP contribution in [0.25, 0.3) is 0 Å². The standard InChI is InChI=1S/C14H13Cl2NO2/c1-8-2-3-11(6-13(8)18)17-7-9-4-10(15)5-12(16)14(9)19/h2-6,17-19H,7H2,1H3. The fourth-order valence-electron chi connectivity index (χ4n) is 1.67. The molecule has 0 amide bonds. The summed E-state index contributed by atoms with van der Waals surface area (Å²) in [6.45, 7) is 2.18. The van der Waals surface area contributed by atoms with Crippen molar-refractivity contribution in [2.45, 2.75) is 13.5 Å². The molecule has 0 unspecified atom stereocenters. The Morgan fingerprint density at radius 3 is 2.53 bits per heavy atom. The first-order chi connectivity index (χ1) is 8.97. The first kappa shape index (κ1) is 13.8. The van der Waals surface area contributed by atoms with E-state index in [9.17, 15) is 10.2 Å². The molecule has 0 atom stereocenters. The molecule has 0 spiro atoms. The molecule has 2 aromatic rings. The van der Waals surface area contributed by atoms with E-state index < -0.39 is 0 Å². The van der Waals surface area contributed by atoms with E-state index in [0.29, 0.717) is 17.1 Å². The summed E-state index contributed by atoms with van der Waals surface area (Å²) in [7, 11) is 0. The number of phenolic OH excluding ortho intramolecular Hbond substituents is 2. The average Bonchev–Trinajstić information content (AvgIpc) is 2.36. The van der Waals surface area contributed by atoms with Gasteiger partial charge in [0.1, 0.15) is 11.5 Å². The second-order valence-corrected chi connectivity index (χ2v) is 5.09. The van der Waals surface area contributed by atoms with Crippen molar-refractivity contribution < 1.29 is 10.2 Å². The summed E-state index contributed by atoms with van der Waals surface area (Å²) in [5.41, 5.74) is 2.15. The topological polar surface area (TPSA) is 52.5 Å². The molecule has 0 heterocycles. The number of anilines is 1. The van der Waals surface area contributed by atoms with Gasteiger partial charge in [0.2, 0.25) is 0 Å². The molecule has 0 bridgehead atoms. The maximum absolute atomic E-state index is 9.82. The average molecular weight is 298 g/mol. The van der Waals surface area contributed by atoms with Crippen LogP contribution >= 0.6 is 23.2 Å². The highest BCUT2D eigenvalue weighted by atomic mass is 35.5. The van der Waals surface area contributed by atoms with Gasteiger partial charge in [-0.05, 0) is 30.7 Å². The van der Waals surface area contributed by atoms with E-state index in [2.05, 4.69) is 5.32 Å². The molecule has 0 fully saturated rings. The third-order valence-electron chi connectivity index (χ3n) is 2.80. The van der Waals surface area contributed by atoms with Gasteiger partial charge in [0.05, 0.1) is 5.02 Å². The molecule has 0 aromatic heterocycles. The van der Waals surface area contributed by atoms with Gasteiger partial charge in [-0.1, -0.05) is 29.3 Å². The van der Waals surface area contributed by atoms with Crippen LogP contribution in [0.15, 0.2) is 30.3 Å². The molecule has 0 saturated carbocycles. The summed E-state index contributed by atoms with van der Waals surface area (Å²) >= 11 is 11.7. The molecule has 0 radical (unpaired) electrons. The molecular weight excluding hydrogens is 285 g/mol. The third-order valence-corrected chi connectivity index (χ3v) is 3.31. The Morgan fingerprint density at radius 1 is 1.11 bits per heavy atom. The van der Waals surface area contributed by atoms with Crippen molar-refractivity contribution in [2.75, 3.05) is 5.32 Å². The molecule has 0 aliphatic carbocycles. The van der Waals surface area contributed by atoms with E-state index in [4.69, 9.17) is 23.2 Å². The lowest BCUT2D eigenvalue weighted by atomic mass is 10.1. The maximum Gasteiger partial charge on any atom is 0.139 e. The summed E-state index contributed by atoms with van der Waals surface area (Å²) in [5.74, 6) is 0.230. The van der Waals surface area contributed by atoms with E-state index in [-0.39, 0.29) is 16.5 Å². The number of aromatic hydroxyl groups is 2. The zero-order chi connectivity index (χ0) is 14.0. The summed E-state index contributed by atoms with van der Waals surface area (Å²) in [6, 6.07) is 8.41. The van der Waals surface area contributed by atoms with Crippen LogP contribution in [0, 0.1) is 6.92 Å². The monoisotopic (exact) mass is 297 g/mol. The largest absolute Gasteiger partial charge is 0.508 e. The Balaban J connectivity index is 2.16. The lowest BCUT2D eigenvalue weighted by molar-refractivity contribution is 0.469. The lowest BCUT2D eigenvalue weighted by Gasteiger charge is -2.10. The van der Waals surface area contributed by atoms with Crippen LogP contribution in [-0.4, -0.2) is 10.2 Å². The van der Waals surface area contributed by atoms with Gasteiger partial charge in [0.15, 0.2) is 0 Å². The number of hydrogen-bond donors (Lipinski definition) is 3. The SMILES string of the molecule is Cc1ccc(NCc2cc(Cl)cc(Cl)c2O)cc1O. The molecule has 19 heavy (non-hydrogen) atoms. The molecule has 3 N–H and O–H groups in total. The van der Waals surface area contributed by atoms with E-state index in [1.54, 1.807) is 12.1 Å². The highest BCUT2D eigenvalue weighted by Gasteiger charge is 2.08. The minimum Gasteiger partial charge on any atom is -0.508 e. The maximum atomic E-state index is 9.82. The molecule has 5 heteroatoms. The van der Waals surface area contributed by atoms with E-state index in [0.717, 1.165) is 11.3 Å². The van der Waals surface area contributed by atoms with Crippen molar-refractivity contribution in [3.63, 3.8) is 0 Å². The van der Waals surface area contributed by atoms with Gasteiger partial charge in [-0.25, -0.2) is 0 Å². The Morgan fingerprint density at radius 2 is 1.84 bits per heavy atom. The summed E-state index contributed by atoms with van der Waals surface area (Å²) in [5, 5.41) is 23.2. The Kier molecular flexibility index (Phi) is 4.08. The second-order valence-electron chi connectivity index (χ2n) is 4.25. The quantitative estimate of drug-likeness (QED) is 0.790. The molecule has 0 aliphatic rings. The fraction of sp³-hybridized carbons (Fsp3) is 0.143. The van der Waals surface area contributed by atoms with Gasteiger partial charge < -0.3 is 15.5 Å². The molecule has 100 valence electrons. The molecular formula is C14H13Cl2NO2.